The Kier molecular flexibility index (Phi) is 3.46. The molecule has 80 valence electrons. The highest BCUT2D eigenvalue weighted by atomic mass is 16.7. The van der Waals surface area contributed by atoms with E-state index in [9.17, 15) is 9.59 Å². The maximum Gasteiger partial charge on any atom is 0.305 e. The standard InChI is InChI=1S/C9H14O5/c1-5-4-8(13-6(2)10)9(12-5)14-7(3)11/h5,8-9H,4H2,1-3H3/t5-,8?,9?/m1/s1. The second-order valence-corrected chi connectivity index (χ2v) is 3.31. The van der Waals surface area contributed by atoms with Crippen molar-refractivity contribution < 1.29 is 23.8 Å². The minimum atomic E-state index is -0.758. The fourth-order valence-electron chi connectivity index (χ4n) is 1.39. The van der Waals surface area contributed by atoms with Crippen molar-refractivity contribution in [1.82, 2.24) is 0 Å². The molecule has 2 unspecified atom stereocenters. The van der Waals surface area contributed by atoms with E-state index in [1.807, 2.05) is 6.92 Å². The molecule has 0 N–H and O–H groups in total. The van der Waals surface area contributed by atoms with Gasteiger partial charge in [-0.2, -0.15) is 0 Å². The molecule has 1 rings (SSSR count). The molecule has 5 heteroatoms. The first-order valence-electron chi connectivity index (χ1n) is 4.49. The first-order chi connectivity index (χ1) is 6.49. The van der Waals surface area contributed by atoms with Crippen LogP contribution >= 0.6 is 0 Å². The van der Waals surface area contributed by atoms with Gasteiger partial charge in [0, 0.05) is 20.3 Å². The molecule has 0 aromatic heterocycles. The number of hydrogen-bond acceptors (Lipinski definition) is 5. The van der Waals surface area contributed by atoms with Crippen LogP contribution in [0.4, 0.5) is 0 Å². The molecule has 1 heterocycles. The number of rotatable bonds is 2. The van der Waals surface area contributed by atoms with Gasteiger partial charge in [-0.3, -0.25) is 9.59 Å². The molecule has 1 saturated heterocycles. The molecule has 1 aliphatic heterocycles. The number of esters is 2. The zero-order valence-electron chi connectivity index (χ0n) is 8.48. The van der Waals surface area contributed by atoms with Crippen LogP contribution in [0, 0.1) is 0 Å². The molecule has 0 aromatic rings. The van der Waals surface area contributed by atoms with Crippen LogP contribution in [0.5, 0.6) is 0 Å². The Balaban J connectivity index is 2.53. The van der Waals surface area contributed by atoms with E-state index in [1.165, 1.54) is 13.8 Å². The van der Waals surface area contributed by atoms with E-state index in [-0.39, 0.29) is 6.10 Å². The van der Waals surface area contributed by atoms with Crippen molar-refractivity contribution >= 4 is 11.9 Å². The summed E-state index contributed by atoms with van der Waals surface area (Å²) in [7, 11) is 0. The van der Waals surface area contributed by atoms with Gasteiger partial charge in [-0.05, 0) is 6.92 Å². The van der Waals surface area contributed by atoms with E-state index in [1.54, 1.807) is 0 Å². The fraction of sp³-hybridized carbons (Fsp3) is 0.778. The van der Waals surface area contributed by atoms with Gasteiger partial charge in [0.2, 0.25) is 6.29 Å². The Labute approximate surface area is 82.3 Å². The first kappa shape index (κ1) is 11.0. The van der Waals surface area contributed by atoms with Crippen LogP contribution in [-0.4, -0.2) is 30.4 Å². The Morgan fingerprint density at radius 3 is 2.29 bits per heavy atom. The van der Waals surface area contributed by atoms with Crippen molar-refractivity contribution in [2.45, 2.75) is 45.7 Å². The third-order valence-corrected chi connectivity index (χ3v) is 1.83. The summed E-state index contributed by atoms with van der Waals surface area (Å²) < 4.78 is 15.1. The van der Waals surface area contributed by atoms with Crippen molar-refractivity contribution in [3.63, 3.8) is 0 Å². The maximum atomic E-state index is 10.7. The third kappa shape index (κ3) is 2.99. The third-order valence-electron chi connectivity index (χ3n) is 1.83. The Bertz CT molecular complexity index is 213. The van der Waals surface area contributed by atoms with E-state index in [0.29, 0.717) is 6.42 Å². The quantitative estimate of drug-likeness (QED) is 0.614. The maximum absolute atomic E-state index is 10.7. The second kappa shape index (κ2) is 4.41. The Hall–Kier alpha value is -1.10. The fourth-order valence-corrected chi connectivity index (χ4v) is 1.39. The highest BCUT2D eigenvalue weighted by Crippen LogP contribution is 2.24. The molecule has 0 aliphatic carbocycles. The average molecular weight is 202 g/mol. The minimum Gasteiger partial charge on any atom is -0.456 e. The molecule has 0 bridgehead atoms. The van der Waals surface area contributed by atoms with Gasteiger partial charge in [-0.1, -0.05) is 0 Å². The van der Waals surface area contributed by atoms with Crippen LogP contribution in [0.3, 0.4) is 0 Å². The molecule has 0 radical (unpaired) electrons. The van der Waals surface area contributed by atoms with Crippen LogP contribution in [0.15, 0.2) is 0 Å². The molecule has 0 aromatic carbocycles. The lowest BCUT2D eigenvalue weighted by Gasteiger charge is -2.17. The molecule has 1 fully saturated rings. The summed E-state index contributed by atoms with van der Waals surface area (Å²) in [5.74, 6) is -0.842. The number of ether oxygens (including phenoxy) is 3. The SMILES string of the molecule is CC(=O)OC1C[C@@H](C)OC1OC(C)=O. The van der Waals surface area contributed by atoms with Crippen LogP contribution in [0.2, 0.25) is 0 Å². The van der Waals surface area contributed by atoms with Crippen molar-refractivity contribution in [1.29, 1.82) is 0 Å². The topological polar surface area (TPSA) is 61.8 Å². The normalized spacial score (nSPS) is 31.2. The van der Waals surface area contributed by atoms with Gasteiger partial charge < -0.3 is 14.2 Å². The van der Waals surface area contributed by atoms with Gasteiger partial charge in [0.15, 0.2) is 6.10 Å². The minimum absolute atomic E-state index is 0.0660. The summed E-state index contributed by atoms with van der Waals surface area (Å²) in [5.41, 5.74) is 0. The molecule has 14 heavy (non-hydrogen) atoms. The summed E-state index contributed by atoms with van der Waals surface area (Å²) >= 11 is 0. The lowest BCUT2D eigenvalue weighted by Crippen LogP contribution is -2.30. The molecule has 1 aliphatic rings. The summed E-state index contributed by atoms with van der Waals surface area (Å²) in [6.07, 6.45) is -0.751. The second-order valence-electron chi connectivity index (χ2n) is 3.31. The summed E-state index contributed by atoms with van der Waals surface area (Å²) in [4.78, 5) is 21.4. The van der Waals surface area contributed by atoms with Gasteiger partial charge >= 0.3 is 11.9 Å². The lowest BCUT2D eigenvalue weighted by molar-refractivity contribution is -0.193. The summed E-state index contributed by atoms with van der Waals surface area (Å²) in [6, 6.07) is 0. The average Bonchev–Trinajstić information content (AvgIpc) is 2.28. The molecule has 5 nitrogen and oxygen atoms in total. The summed E-state index contributed by atoms with van der Waals surface area (Å²) in [5, 5.41) is 0. The smallest absolute Gasteiger partial charge is 0.305 e. The van der Waals surface area contributed by atoms with Crippen LogP contribution in [0.25, 0.3) is 0 Å². The molecular formula is C9H14O5. The van der Waals surface area contributed by atoms with Gasteiger partial charge in [0.1, 0.15) is 0 Å². The van der Waals surface area contributed by atoms with Gasteiger partial charge in [0.05, 0.1) is 6.10 Å². The van der Waals surface area contributed by atoms with Gasteiger partial charge in [-0.15, -0.1) is 0 Å². The highest BCUT2D eigenvalue weighted by molar-refractivity contribution is 5.67. The Morgan fingerprint density at radius 1 is 1.21 bits per heavy atom. The van der Waals surface area contributed by atoms with E-state index in [4.69, 9.17) is 14.2 Å². The van der Waals surface area contributed by atoms with Crippen LogP contribution in [0.1, 0.15) is 27.2 Å². The summed E-state index contributed by atoms with van der Waals surface area (Å²) in [6.45, 7) is 4.44. The van der Waals surface area contributed by atoms with E-state index in [0.717, 1.165) is 0 Å². The lowest BCUT2D eigenvalue weighted by atomic mass is 10.2. The monoisotopic (exact) mass is 202 g/mol. The molecular weight excluding hydrogens is 188 g/mol. The number of hydrogen-bond donors (Lipinski definition) is 0. The molecule has 3 atom stereocenters. The van der Waals surface area contributed by atoms with Crippen molar-refractivity contribution in [2.24, 2.45) is 0 Å². The van der Waals surface area contributed by atoms with Crippen molar-refractivity contribution in [3.05, 3.63) is 0 Å². The number of carbonyl (C=O) groups is 2. The van der Waals surface area contributed by atoms with E-state index >= 15 is 0 Å². The van der Waals surface area contributed by atoms with E-state index < -0.39 is 24.3 Å². The van der Waals surface area contributed by atoms with Crippen LogP contribution < -0.4 is 0 Å². The predicted molar refractivity (Wildman–Crippen MR) is 46.3 cm³/mol. The number of carbonyl (C=O) groups excluding carboxylic acids is 2. The zero-order chi connectivity index (χ0) is 10.7. The largest absolute Gasteiger partial charge is 0.456 e. The van der Waals surface area contributed by atoms with Crippen molar-refractivity contribution in [3.8, 4) is 0 Å². The highest BCUT2D eigenvalue weighted by Gasteiger charge is 2.37. The zero-order valence-corrected chi connectivity index (χ0v) is 8.48. The van der Waals surface area contributed by atoms with Crippen molar-refractivity contribution in [2.75, 3.05) is 0 Å². The molecule has 0 amide bonds. The van der Waals surface area contributed by atoms with Crippen LogP contribution in [-0.2, 0) is 23.8 Å². The molecule has 0 spiro atoms. The molecule has 0 saturated carbocycles. The Morgan fingerprint density at radius 2 is 1.79 bits per heavy atom. The van der Waals surface area contributed by atoms with Gasteiger partial charge in [-0.25, -0.2) is 0 Å². The predicted octanol–water partition coefficient (Wildman–Crippen LogP) is 0.616. The van der Waals surface area contributed by atoms with E-state index in [2.05, 4.69) is 0 Å². The first-order valence-corrected chi connectivity index (χ1v) is 4.49. The van der Waals surface area contributed by atoms with Gasteiger partial charge in [0.25, 0.3) is 0 Å².